The Balaban J connectivity index is 4.54. The molecule has 0 amide bonds. The summed E-state index contributed by atoms with van der Waals surface area (Å²) in [5, 5.41) is 28.3. The molecule has 3 N–H and O–H groups in total. The van der Waals surface area contributed by atoms with E-state index in [0.717, 1.165) is 25.8 Å². The number of carboxylic acid groups (broad SMARTS) is 3. The first-order valence-corrected chi connectivity index (χ1v) is 17.2. The first-order chi connectivity index (χ1) is 20.0. The van der Waals surface area contributed by atoms with Gasteiger partial charge in [-0.25, -0.2) is 0 Å². The number of carbonyl (C=O) groups is 3. The summed E-state index contributed by atoms with van der Waals surface area (Å²) in [5.74, 6) is -3.91. The second kappa shape index (κ2) is 25.6. The molecule has 0 aliphatic carbocycles. The second-order valence-corrected chi connectivity index (χ2v) is 13.0. The Labute approximate surface area is 257 Å². The number of aliphatic carboxylic acids is 3. The van der Waals surface area contributed by atoms with Gasteiger partial charge in [-0.1, -0.05) is 104 Å². The third-order valence-corrected chi connectivity index (χ3v) is 9.02. The number of hydrogen-bond acceptors (Lipinski definition) is 3. The van der Waals surface area contributed by atoms with Crippen molar-refractivity contribution >= 4 is 17.9 Å². The van der Waals surface area contributed by atoms with Crippen LogP contribution in [0.1, 0.15) is 150 Å². The summed E-state index contributed by atoms with van der Waals surface area (Å²) >= 11 is 0. The number of nitrogens with zero attached hydrogens (tertiary/aromatic N) is 1. The van der Waals surface area contributed by atoms with Crippen molar-refractivity contribution in [3.63, 3.8) is 0 Å². The maximum atomic E-state index is 11.5. The van der Waals surface area contributed by atoms with Gasteiger partial charge in [-0.3, -0.25) is 14.4 Å². The van der Waals surface area contributed by atoms with E-state index in [4.69, 9.17) is 0 Å². The molecule has 0 bridgehead atoms. The van der Waals surface area contributed by atoms with Gasteiger partial charge in [0.15, 0.2) is 0 Å². The molecule has 0 aromatic heterocycles. The molecule has 7 heteroatoms. The monoisotopic (exact) mass is 596 g/mol. The van der Waals surface area contributed by atoms with Gasteiger partial charge in [0.05, 0.1) is 43.9 Å². The number of unbranched alkanes of at least 4 members (excludes halogenated alkanes) is 14. The minimum absolute atomic E-state index is 0.480. The van der Waals surface area contributed by atoms with Crippen molar-refractivity contribution in [1.82, 2.24) is 0 Å². The lowest BCUT2D eigenvalue weighted by atomic mass is 10.0. The lowest BCUT2D eigenvalue weighted by Gasteiger charge is -2.40. The zero-order valence-electron chi connectivity index (χ0n) is 27.7. The van der Waals surface area contributed by atoms with Crippen molar-refractivity contribution in [3.05, 3.63) is 12.2 Å². The van der Waals surface area contributed by atoms with Crippen molar-refractivity contribution in [2.75, 3.05) is 26.2 Å². The fourth-order valence-corrected chi connectivity index (χ4v) is 5.49. The highest BCUT2D eigenvalue weighted by molar-refractivity contribution is 5.70. The highest BCUT2D eigenvalue weighted by Crippen LogP contribution is 2.22. The summed E-state index contributed by atoms with van der Waals surface area (Å²) in [5.41, 5.74) is 0. The Morgan fingerprint density at radius 2 is 0.810 bits per heavy atom. The number of rotatable bonds is 30. The van der Waals surface area contributed by atoms with Crippen molar-refractivity contribution < 1.29 is 34.2 Å². The van der Waals surface area contributed by atoms with Gasteiger partial charge < -0.3 is 19.8 Å². The number of hydrogen-bond donors (Lipinski definition) is 3. The SMILES string of the molecule is CCCCCCCCC/C=C/CCCCCCCCC[N+](CCC(C)C(=O)O)(CCC(C)C(=O)O)CCC(C)C(=O)O. The van der Waals surface area contributed by atoms with Gasteiger partial charge in [0.2, 0.25) is 0 Å². The Morgan fingerprint density at radius 3 is 1.14 bits per heavy atom. The maximum Gasteiger partial charge on any atom is 0.306 e. The Kier molecular flexibility index (Phi) is 24.4. The molecule has 0 aromatic carbocycles. The lowest BCUT2D eigenvalue weighted by Crippen LogP contribution is -2.52. The fourth-order valence-electron chi connectivity index (χ4n) is 5.49. The summed E-state index contributed by atoms with van der Waals surface area (Å²) < 4.78 is 0.609. The molecule has 0 spiro atoms. The fraction of sp³-hybridized carbons (Fsp3) is 0.857. The first-order valence-electron chi connectivity index (χ1n) is 17.2. The largest absolute Gasteiger partial charge is 0.481 e. The topological polar surface area (TPSA) is 112 Å². The average Bonchev–Trinajstić information content (AvgIpc) is 2.96. The van der Waals surface area contributed by atoms with E-state index in [2.05, 4.69) is 19.1 Å². The van der Waals surface area contributed by atoms with E-state index in [9.17, 15) is 29.7 Å². The standard InChI is InChI=1S/C35H65NO6/c1-5-6-7-8-9-10-11-12-13-14-15-16-17-18-19-20-21-22-26-36(27-23-30(2)33(37)38,28-24-31(3)34(39)40)29-25-32(4)35(41)42/h13-14,30-32H,5-12,15-29H2,1-4H3,(H2-,37,38,39,40,41,42)/p+1/b14-13+. The minimum atomic E-state index is -0.824. The Morgan fingerprint density at radius 1 is 0.500 bits per heavy atom. The van der Waals surface area contributed by atoms with Crippen LogP contribution in [0.3, 0.4) is 0 Å². The van der Waals surface area contributed by atoms with Crippen molar-refractivity contribution in [3.8, 4) is 0 Å². The zero-order chi connectivity index (χ0) is 31.6. The molecular formula is C35H66NO6+. The van der Waals surface area contributed by atoms with Crippen LogP contribution >= 0.6 is 0 Å². The molecule has 0 aliphatic heterocycles. The van der Waals surface area contributed by atoms with Crippen LogP contribution in [0.25, 0.3) is 0 Å². The summed E-state index contributed by atoms with van der Waals surface area (Å²) in [6, 6.07) is 0. The normalized spacial score (nSPS) is 15.3. The van der Waals surface area contributed by atoms with E-state index in [1.165, 1.54) is 83.5 Å². The molecule has 3 unspecified atom stereocenters. The number of carboxylic acids is 3. The quantitative estimate of drug-likeness (QED) is 0.0433. The van der Waals surface area contributed by atoms with Crippen LogP contribution in [0.15, 0.2) is 12.2 Å². The van der Waals surface area contributed by atoms with Crippen LogP contribution in [0.5, 0.6) is 0 Å². The number of allylic oxidation sites excluding steroid dienone is 2. The van der Waals surface area contributed by atoms with E-state index in [-0.39, 0.29) is 0 Å². The van der Waals surface area contributed by atoms with Gasteiger partial charge >= 0.3 is 17.9 Å². The summed E-state index contributed by atoms with van der Waals surface area (Å²) in [4.78, 5) is 34.5. The molecule has 0 heterocycles. The van der Waals surface area contributed by atoms with Crippen molar-refractivity contribution in [2.45, 2.75) is 150 Å². The summed E-state index contributed by atoms with van der Waals surface area (Å²) in [7, 11) is 0. The third kappa shape index (κ3) is 21.8. The van der Waals surface area contributed by atoms with Gasteiger partial charge in [0.1, 0.15) is 0 Å². The molecule has 0 saturated heterocycles. The minimum Gasteiger partial charge on any atom is -0.481 e. The first kappa shape index (κ1) is 40.1. The molecule has 0 rings (SSSR count). The second-order valence-electron chi connectivity index (χ2n) is 13.0. The van der Waals surface area contributed by atoms with Gasteiger partial charge in [-0.15, -0.1) is 0 Å². The van der Waals surface area contributed by atoms with Crippen LogP contribution in [0.2, 0.25) is 0 Å². The Hall–Kier alpha value is -1.89. The zero-order valence-corrected chi connectivity index (χ0v) is 27.7. The molecule has 0 fully saturated rings. The molecular weight excluding hydrogens is 530 g/mol. The molecule has 42 heavy (non-hydrogen) atoms. The lowest BCUT2D eigenvalue weighted by molar-refractivity contribution is -0.929. The average molecular weight is 597 g/mol. The van der Waals surface area contributed by atoms with E-state index in [1.54, 1.807) is 20.8 Å². The smallest absolute Gasteiger partial charge is 0.306 e. The molecule has 3 atom stereocenters. The van der Waals surface area contributed by atoms with E-state index in [1.807, 2.05) is 0 Å². The molecule has 7 nitrogen and oxygen atoms in total. The predicted octanol–water partition coefficient (Wildman–Crippen LogP) is 8.95. The predicted molar refractivity (Wildman–Crippen MR) is 173 cm³/mol. The van der Waals surface area contributed by atoms with Gasteiger partial charge in [-0.05, 0) is 38.5 Å². The Bertz CT molecular complexity index is 677. The van der Waals surface area contributed by atoms with Crippen molar-refractivity contribution in [2.24, 2.45) is 17.8 Å². The summed E-state index contributed by atoms with van der Waals surface area (Å²) in [6.07, 6.45) is 26.4. The van der Waals surface area contributed by atoms with Gasteiger partial charge in [0.25, 0.3) is 0 Å². The molecule has 0 aliphatic rings. The van der Waals surface area contributed by atoms with Crippen LogP contribution < -0.4 is 0 Å². The van der Waals surface area contributed by atoms with Crippen LogP contribution in [0.4, 0.5) is 0 Å². The summed E-state index contributed by atoms with van der Waals surface area (Å²) in [6.45, 7) is 10.1. The van der Waals surface area contributed by atoms with Crippen molar-refractivity contribution in [1.29, 1.82) is 0 Å². The highest BCUT2D eigenvalue weighted by atomic mass is 16.4. The number of quaternary nitrogens is 1. The van der Waals surface area contributed by atoms with E-state index < -0.39 is 35.7 Å². The molecule has 0 radical (unpaired) electrons. The van der Waals surface area contributed by atoms with Gasteiger partial charge in [-0.2, -0.15) is 0 Å². The van der Waals surface area contributed by atoms with Gasteiger partial charge in [0, 0.05) is 19.3 Å². The maximum absolute atomic E-state index is 11.5. The molecule has 0 saturated carbocycles. The highest BCUT2D eigenvalue weighted by Gasteiger charge is 2.31. The van der Waals surface area contributed by atoms with Crippen LogP contribution in [0, 0.1) is 17.8 Å². The van der Waals surface area contributed by atoms with E-state index >= 15 is 0 Å². The van der Waals surface area contributed by atoms with E-state index in [0.29, 0.717) is 43.4 Å². The van der Waals surface area contributed by atoms with Crippen LogP contribution in [-0.2, 0) is 14.4 Å². The van der Waals surface area contributed by atoms with Crippen LogP contribution in [-0.4, -0.2) is 63.9 Å². The molecule has 0 aromatic rings. The third-order valence-electron chi connectivity index (χ3n) is 9.02. The molecule has 246 valence electrons.